The molecule has 0 saturated carbocycles. The van der Waals surface area contributed by atoms with Crippen LogP contribution in [0.25, 0.3) is 0 Å². The summed E-state index contributed by atoms with van der Waals surface area (Å²) in [7, 11) is 0. The molecule has 1 saturated heterocycles. The van der Waals surface area contributed by atoms with Crippen molar-refractivity contribution in [2.45, 2.75) is 19.4 Å². The Bertz CT molecular complexity index is 235. The zero-order valence-corrected chi connectivity index (χ0v) is 5.90. The number of rotatable bonds is 0. The molecular weight excluding hydrogens is 150 g/mol. The van der Waals surface area contributed by atoms with Crippen LogP contribution in [0.4, 0.5) is 4.79 Å². The third-order valence-electron chi connectivity index (χ3n) is 1.65. The van der Waals surface area contributed by atoms with E-state index in [1.54, 1.807) is 0 Å². The fourth-order valence-corrected chi connectivity index (χ4v) is 1.01. The number of hydrogen-bond acceptors (Lipinski definition) is 3. The van der Waals surface area contributed by atoms with Gasteiger partial charge in [0.1, 0.15) is 0 Å². The van der Waals surface area contributed by atoms with Crippen LogP contribution in [-0.2, 0) is 9.59 Å². The molecule has 0 bridgehead atoms. The number of amides is 2. The molecular formula is C6H7NO4. The number of ketones is 1. The fraction of sp³-hybridized carbons (Fsp3) is 0.500. The predicted octanol–water partition coefficient (Wildman–Crippen LogP) is -0.146. The Morgan fingerprint density at radius 2 is 2.18 bits per heavy atom. The van der Waals surface area contributed by atoms with Crippen LogP contribution in [-0.4, -0.2) is 33.8 Å². The molecule has 1 N–H and O–H groups in total. The quantitative estimate of drug-likeness (QED) is 0.496. The van der Waals surface area contributed by atoms with Gasteiger partial charge >= 0.3 is 6.09 Å². The zero-order valence-electron chi connectivity index (χ0n) is 5.90. The molecule has 1 aliphatic heterocycles. The van der Waals surface area contributed by atoms with Gasteiger partial charge in [-0.25, -0.2) is 9.69 Å². The van der Waals surface area contributed by atoms with E-state index in [1.165, 1.54) is 6.92 Å². The topological polar surface area (TPSA) is 74.7 Å². The van der Waals surface area contributed by atoms with Crippen molar-refractivity contribution in [2.75, 3.05) is 0 Å². The molecule has 0 aliphatic carbocycles. The first-order valence-electron chi connectivity index (χ1n) is 3.11. The van der Waals surface area contributed by atoms with Gasteiger partial charge in [-0.15, -0.1) is 0 Å². The lowest BCUT2D eigenvalue weighted by atomic mass is 10.2. The highest BCUT2D eigenvalue weighted by molar-refractivity contribution is 6.12. The molecule has 0 radical (unpaired) electrons. The summed E-state index contributed by atoms with van der Waals surface area (Å²) in [5.41, 5.74) is 0. The van der Waals surface area contributed by atoms with E-state index in [-0.39, 0.29) is 12.2 Å². The van der Waals surface area contributed by atoms with Crippen LogP contribution in [0.5, 0.6) is 0 Å². The van der Waals surface area contributed by atoms with Gasteiger partial charge in [-0.2, -0.15) is 0 Å². The summed E-state index contributed by atoms with van der Waals surface area (Å²) in [4.78, 5) is 32.4. The van der Waals surface area contributed by atoms with E-state index in [9.17, 15) is 14.4 Å². The van der Waals surface area contributed by atoms with Crippen molar-refractivity contribution in [1.29, 1.82) is 0 Å². The molecule has 0 aromatic rings. The highest BCUT2D eigenvalue weighted by atomic mass is 16.4. The van der Waals surface area contributed by atoms with Crippen LogP contribution in [0.2, 0.25) is 0 Å². The van der Waals surface area contributed by atoms with Gasteiger partial charge in [0.2, 0.25) is 5.91 Å². The number of imide groups is 1. The number of likely N-dealkylation sites (tertiary alicyclic amines) is 1. The standard InChI is InChI=1S/C6H7NO4/c1-3-4(8)2-5(9)7(3)6(10)11/h3H,2H2,1H3,(H,10,11)/t3-/m0/s1. The van der Waals surface area contributed by atoms with Gasteiger partial charge in [0.15, 0.2) is 5.78 Å². The number of carboxylic acid groups (broad SMARTS) is 1. The number of nitrogens with zero attached hydrogens (tertiary/aromatic N) is 1. The van der Waals surface area contributed by atoms with Crippen LogP contribution in [0.15, 0.2) is 0 Å². The molecule has 2 amide bonds. The van der Waals surface area contributed by atoms with Crippen molar-refractivity contribution >= 4 is 17.8 Å². The summed E-state index contributed by atoms with van der Waals surface area (Å²) >= 11 is 0. The molecule has 1 atom stereocenters. The molecule has 11 heavy (non-hydrogen) atoms. The molecule has 0 aromatic carbocycles. The van der Waals surface area contributed by atoms with E-state index >= 15 is 0 Å². The second-order valence-corrected chi connectivity index (χ2v) is 2.37. The van der Waals surface area contributed by atoms with Gasteiger partial charge in [-0.3, -0.25) is 9.59 Å². The normalized spacial score (nSPS) is 24.5. The van der Waals surface area contributed by atoms with Crippen LogP contribution in [0.3, 0.4) is 0 Å². The first-order chi connectivity index (χ1) is 5.04. The number of Topliss-reactive ketones (excluding diaryl/α,β-unsaturated/α-hetero) is 1. The largest absolute Gasteiger partial charge is 0.465 e. The van der Waals surface area contributed by atoms with E-state index in [0.717, 1.165) is 0 Å². The number of hydrogen-bond donors (Lipinski definition) is 1. The Labute approximate surface area is 62.6 Å². The van der Waals surface area contributed by atoms with Gasteiger partial charge < -0.3 is 5.11 Å². The molecule has 60 valence electrons. The molecule has 1 rings (SSSR count). The Balaban J connectivity index is 2.88. The first-order valence-corrected chi connectivity index (χ1v) is 3.11. The molecule has 0 unspecified atom stereocenters. The highest BCUT2D eigenvalue weighted by Crippen LogP contribution is 2.14. The summed E-state index contributed by atoms with van der Waals surface area (Å²) in [5.74, 6) is -0.965. The maximum atomic E-state index is 10.8. The molecule has 0 aromatic heterocycles. The van der Waals surface area contributed by atoms with Gasteiger partial charge in [0.25, 0.3) is 0 Å². The van der Waals surface area contributed by atoms with Crippen LogP contribution >= 0.6 is 0 Å². The molecule has 5 heteroatoms. The second-order valence-electron chi connectivity index (χ2n) is 2.37. The zero-order chi connectivity index (χ0) is 8.59. The predicted molar refractivity (Wildman–Crippen MR) is 34.0 cm³/mol. The minimum Gasteiger partial charge on any atom is -0.465 e. The maximum Gasteiger partial charge on any atom is 0.414 e. The number of carbonyl (C=O) groups is 3. The average molecular weight is 157 g/mol. The second kappa shape index (κ2) is 2.34. The summed E-state index contributed by atoms with van der Waals surface area (Å²) in [6, 6.07) is -0.806. The third kappa shape index (κ3) is 1.09. The molecule has 5 nitrogen and oxygen atoms in total. The van der Waals surface area contributed by atoms with Gasteiger partial charge in [0, 0.05) is 0 Å². The smallest absolute Gasteiger partial charge is 0.414 e. The highest BCUT2D eigenvalue weighted by Gasteiger charge is 2.39. The van der Waals surface area contributed by atoms with Crippen molar-refractivity contribution in [3.63, 3.8) is 0 Å². The average Bonchev–Trinajstić information content (AvgIpc) is 2.07. The summed E-state index contributed by atoms with van der Waals surface area (Å²) in [5, 5.41) is 8.42. The summed E-state index contributed by atoms with van der Waals surface area (Å²) in [6.07, 6.45) is -1.64. The van der Waals surface area contributed by atoms with Gasteiger partial charge in [0.05, 0.1) is 12.5 Å². The van der Waals surface area contributed by atoms with E-state index in [1.807, 2.05) is 0 Å². The van der Waals surface area contributed by atoms with Crippen molar-refractivity contribution in [1.82, 2.24) is 4.90 Å². The van der Waals surface area contributed by atoms with Crippen molar-refractivity contribution < 1.29 is 19.5 Å². The first kappa shape index (κ1) is 7.71. The molecule has 1 aliphatic rings. The van der Waals surface area contributed by atoms with E-state index in [4.69, 9.17) is 5.11 Å². The minimum absolute atomic E-state index is 0.284. The Morgan fingerprint density at radius 3 is 2.36 bits per heavy atom. The van der Waals surface area contributed by atoms with E-state index in [0.29, 0.717) is 4.90 Å². The lowest BCUT2D eigenvalue weighted by Gasteiger charge is -2.12. The van der Waals surface area contributed by atoms with Crippen LogP contribution in [0.1, 0.15) is 13.3 Å². The Kier molecular flexibility index (Phi) is 1.64. The monoisotopic (exact) mass is 157 g/mol. The Morgan fingerprint density at radius 1 is 1.64 bits per heavy atom. The molecule has 1 fully saturated rings. The van der Waals surface area contributed by atoms with Crippen molar-refractivity contribution in [2.24, 2.45) is 0 Å². The van der Waals surface area contributed by atoms with Gasteiger partial charge in [-0.1, -0.05) is 0 Å². The minimum atomic E-state index is -1.35. The fourth-order valence-electron chi connectivity index (χ4n) is 1.01. The maximum absolute atomic E-state index is 10.8. The van der Waals surface area contributed by atoms with Crippen LogP contribution < -0.4 is 0 Å². The molecule has 0 spiro atoms. The van der Waals surface area contributed by atoms with Gasteiger partial charge in [-0.05, 0) is 6.92 Å². The Hall–Kier alpha value is -1.39. The lowest BCUT2D eigenvalue weighted by Crippen LogP contribution is -2.37. The van der Waals surface area contributed by atoms with Crippen molar-refractivity contribution in [3.8, 4) is 0 Å². The third-order valence-corrected chi connectivity index (χ3v) is 1.65. The number of carbonyl (C=O) groups excluding carboxylic acids is 2. The molecule has 1 heterocycles. The lowest BCUT2D eigenvalue weighted by molar-refractivity contribution is -0.126. The summed E-state index contributed by atoms with van der Waals surface area (Å²) in [6.45, 7) is 1.40. The van der Waals surface area contributed by atoms with Crippen molar-refractivity contribution in [3.05, 3.63) is 0 Å². The van der Waals surface area contributed by atoms with E-state index < -0.39 is 18.0 Å². The van der Waals surface area contributed by atoms with E-state index in [2.05, 4.69) is 0 Å². The summed E-state index contributed by atoms with van der Waals surface area (Å²) < 4.78 is 0. The van der Waals surface area contributed by atoms with Crippen LogP contribution in [0, 0.1) is 0 Å². The SMILES string of the molecule is C[C@H]1C(=O)CC(=O)N1C(=O)O.